The summed E-state index contributed by atoms with van der Waals surface area (Å²) in [5.74, 6) is 0.0878. The normalized spacial score (nSPS) is 12.7. The van der Waals surface area contributed by atoms with Crippen LogP contribution in [0, 0.1) is 0 Å². The van der Waals surface area contributed by atoms with Gasteiger partial charge in [-0.25, -0.2) is 8.42 Å². The Labute approximate surface area is 210 Å². The number of halogens is 1. The lowest BCUT2D eigenvalue weighted by atomic mass is 10.2. The second kappa shape index (κ2) is 9.88. The summed E-state index contributed by atoms with van der Waals surface area (Å²) in [5.41, 5.74) is 0.953. The predicted octanol–water partition coefficient (Wildman–Crippen LogP) is 5.89. The van der Waals surface area contributed by atoms with Crippen LogP contribution in [0.3, 0.4) is 0 Å². The van der Waals surface area contributed by atoms with Crippen LogP contribution >= 0.6 is 15.9 Å². The summed E-state index contributed by atoms with van der Waals surface area (Å²) in [6, 6.07) is 19.5. The van der Waals surface area contributed by atoms with Crippen LogP contribution in [0.4, 0.5) is 11.4 Å². The van der Waals surface area contributed by atoms with E-state index in [-0.39, 0.29) is 17.3 Å². The van der Waals surface area contributed by atoms with Crippen LogP contribution in [-0.2, 0) is 14.8 Å². The van der Waals surface area contributed by atoms with Crippen molar-refractivity contribution in [2.45, 2.75) is 13.0 Å². The van der Waals surface area contributed by atoms with E-state index in [4.69, 9.17) is 4.74 Å². The number of hydrogen-bond donors (Lipinski definition) is 2. The number of benzene rings is 3. The molecule has 0 spiro atoms. The van der Waals surface area contributed by atoms with Gasteiger partial charge in [-0.1, -0.05) is 34.1 Å². The van der Waals surface area contributed by atoms with E-state index in [1.54, 1.807) is 54.6 Å². The van der Waals surface area contributed by atoms with E-state index in [1.165, 1.54) is 6.92 Å². The van der Waals surface area contributed by atoms with Crippen molar-refractivity contribution in [1.82, 2.24) is 4.98 Å². The van der Waals surface area contributed by atoms with Gasteiger partial charge in [-0.05, 0) is 61.5 Å². The molecule has 2 N–H and O–H groups in total. The minimum absolute atomic E-state index is 0.0789. The first-order valence-electron chi connectivity index (χ1n) is 10.4. The van der Waals surface area contributed by atoms with E-state index in [0.717, 1.165) is 15.0 Å². The Morgan fingerprint density at radius 2 is 1.71 bits per heavy atom. The third-order valence-electron chi connectivity index (χ3n) is 5.10. The van der Waals surface area contributed by atoms with Crippen LogP contribution in [0.1, 0.15) is 6.92 Å². The molecule has 3 aromatic carbocycles. The standard InChI is InChI=1S/C24H21BrN4O5S/c1-15(23(30)28-27-22-20-14-16(25)8-13-21(20)26-24(22)31)29(35(2,32)33)17-9-11-19(12-10-17)34-18-6-4-3-5-7-18/h3-15,26,31H,1-2H3/t15-/m0/s1. The molecule has 35 heavy (non-hydrogen) atoms. The summed E-state index contributed by atoms with van der Waals surface area (Å²) in [6.45, 7) is 1.42. The summed E-state index contributed by atoms with van der Waals surface area (Å²) in [5, 5.41) is 18.3. The van der Waals surface area contributed by atoms with Gasteiger partial charge in [0.2, 0.25) is 15.9 Å². The van der Waals surface area contributed by atoms with E-state index >= 15 is 0 Å². The van der Waals surface area contributed by atoms with Crippen molar-refractivity contribution in [2.24, 2.45) is 10.2 Å². The van der Waals surface area contributed by atoms with Crippen LogP contribution in [0.15, 0.2) is 87.5 Å². The Balaban J connectivity index is 1.58. The Morgan fingerprint density at radius 1 is 1.06 bits per heavy atom. The highest BCUT2D eigenvalue weighted by Gasteiger charge is 2.29. The highest BCUT2D eigenvalue weighted by Crippen LogP contribution is 2.37. The molecule has 4 rings (SSSR count). The summed E-state index contributed by atoms with van der Waals surface area (Å²) in [6.07, 6.45) is 1.01. The van der Waals surface area contributed by atoms with Crippen molar-refractivity contribution < 1.29 is 23.1 Å². The van der Waals surface area contributed by atoms with Gasteiger partial charge >= 0.3 is 0 Å². The van der Waals surface area contributed by atoms with Gasteiger partial charge in [-0.2, -0.15) is 0 Å². The number of ether oxygens (including phenoxy) is 1. The smallest absolute Gasteiger partial charge is 0.287 e. The zero-order valence-corrected chi connectivity index (χ0v) is 21.1. The quantitative estimate of drug-likeness (QED) is 0.274. The molecule has 9 nitrogen and oxygen atoms in total. The lowest BCUT2D eigenvalue weighted by Gasteiger charge is -2.26. The number of sulfonamides is 1. The molecule has 4 aromatic rings. The maximum absolute atomic E-state index is 12.8. The number of nitrogens with one attached hydrogen (secondary N) is 1. The first kappa shape index (κ1) is 24.4. The number of H-pyrrole nitrogens is 1. The molecule has 0 unspecified atom stereocenters. The molecule has 0 fully saturated rings. The van der Waals surface area contributed by atoms with Gasteiger partial charge < -0.3 is 14.8 Å². The number of aromatic nitrogens is 1. The van der Waals surface area contributed by atoms with Gasteiger partial charge in [-0.15, -0.1) is 10.2 Å². The van der Waals surface area contributed by atoms with E-state index in [2.05, 4.69) is 31.1 Å². The number of aromatic hydroxyl groups is 1. The van der Waals surface area contributed by atoms with Crippen molar-refractivity contribution in [3.05, 3.63) is 77.3 Å². The number of carbonyl (C=O) groups is 1. The number of rotatable bonds is 7. The Hall–Kier alpha value is -3.70. The zero-order valence-electron chi connectivity index (χ0n) is 18.7. The number of nitrogens with zero attached hydrogens (tertiary/aromatic N) is 3. The molecule has 1 heterocycles. The SMILES string of the molecule is C[C@@H](C(=O)N=Nc1c(O)[nH]c2ccc(Br)cc12)N(c1ccc(Oc2ccccc2)cc1)S(C)(=O)=O. The number of aromatic amines is 1. The molecule has 1 aromatic heterocycles. The maximum atomic E-state index is 12.8. The minimum Gasteiger partial charge on any atom is -0.493 e. The number of anilines is 1. The lowest BCUT2D eigenvalue weighted by Crippen LogP contribution is -2.42. The van der Waals surface area contributed by atoms with Crippen LogP contribution < -0.4 is 9.04 Å². The largest absolute Gasteiger partial charge is 0.493 e. The molecule has 180 valence electrons. The van der Waals surface area contributed by atoms with Gasteiger partial charge in [0.25, 0.3) is 5.91 Å². The van der Waals surface area contributed by atoms with E-state index < -0.39 is 22.0 Å². The monoisotopic (exact) mass is 556 g/mol. The second-order valence-electron chi connectivity index (χ2n) is 7.69. The second-order valence-corrected chi connectivity index (χ2v) is 10.5. The van der Waals surface area contributed by atoms with Crippen molar-refractivity contribution in [1.29, 1.82) is 0 Å². The fourth-order valence-electron chi connectivity index (χ4n) is 3.51. The third kappa shape index (κ3) is 5.52. The van der Waals surface area contributed by atoms with Gasteiger partial charge in [0.1, 0.15) is 17.5 Å². The molecule has 0 bridgehead atoms. The Morgan fingerprint density at radius 3 is 2.37 bits per heavy atom. The van der Waals surface area contributed by atoms with Crippen molar-refractivity contribution in [2.75, 3.05) is 10.6 Å². The summed E-state index contributed by atoms with van der Waals surface area (Å²) >= 11 is 3.35. The average molecular weight is 557 g/mol. The molecule has 0 radical (unpaired) electrons. The molecule has 0 aliphatic rings. The molecule has 11 heteroatoms. The molecule has 0 aliphatic heterocycles. The fourth-order valence-corrected chi connectivity index (χ4v) is 5.04. The van der Waals surface area contributed by atoms with Crippen LogP contribution in [0.2, 0.25) is 0 Å². The molecule has 0 saturated carbocycles. The van der Waals surface area contributed by atoms with Gasteiger partial charge in [0.05, 0.1) is 17.5 Å². The minimum atomic E-state index is -3.85. The fraction of sp³-hybridized carbons (Fsp3) is 0.125. The van der Waals surface area contributed by atoms with Crippen molar-refractivity contribution in [3.63, 3.8) is 0 Å². The Bertz CT molecular complexity index is 1500. The number of fused-ring (bicyclic) bond motifs is 1. The number of carbonyl (C=O) groups excluding carboxylic acids is 1. The molecule has 1 atom stereocenters. The van der Waals surface area contributed by atoms with Crippen LogP contribution in [-0.4, -0.2) is 36.7 Å². The number of amides is 1. The number of azo groups is 1. The van der Waals surface area contributed by atoms with Crippen molar-refractivity contribution in [3.8, 4) is 17.4 Å². The van der Waals surface area contributed by atoms with E-state index in [0.29, 0.717) is 22.4 Å². The number of hydrogen-bond acceptors (Lipinski definition) is 6. The highest BCUT2D eigenvalue weighted by atomic mass is 79.9. The first-order chi connectivity index (χ1) is 16.6. The van der Waals surface area contributed by atoms with E-state index in [1.807, 2.05) is 18.2 Å². The lowest BCUT2D eigenvalue weighted by molar-refractivity contribution is -0.119. The third-order valence-corrected chi connectivity index (χ3v) is 6.83. The van der Waals surface area contributed by atoms with Crippen molar-refractivity contribution >= 4 is 54.1 Å². The van der Waals surface area contributed by atoms with Crippen LogP contribution in [0.25, 0.3) is 10.9 Å². The molecule has 1 amide bonds. The van der Waals surface area contributed by atoms with Gasteiger partial charge in [-0.3, -0.25) is 9.10 Å². The average Bonchev–Trinajstić information content (AvgIpc) is 3.12. The summed E-state index contributed by atoms with van der Waals surface area (Å²) in [4.78, 5) is 15.6. The van der Waals surface area contributed by atoms with Gasteiger partial charge in [0, 0.05) is 9.86 Å². The highest BCUT2D eigenvalue weighted by molar-refractivity contribution is 9.10. The molecule has 0 aliphatic carbocycles. The predicted molar refractivity (Wildman–Crippen MR) is 137 cm³/mol. The number of para-hydroxylation sites is 1. The van der Waals surface area contributed by atoms with E-state index in [9.17, 15) is 18.3 Å². The molecular formula is C24H21BrN4O5S. The molecule has 0 saturated heterocycles. The molecular weight excluding hydrogens is 536 g/mol. The Kier molecular flexibility index (Phi) is 6.90. The topological polar surface area (TPSA) is 124 Å². The maximum Gasteiger partial charge on any atom is 0.287 e. The van der Waals surface area contributed by atoms with Gasteiger partial charge in [0.15, 0.2) is 5.69 Å². The summed E-state index contributed by atoms with van der Waals surface area (Å²) < 4.78 is 32.6. The summed E-state index contributed by atoms with van der Waals surface area (Å²) in [7, 11) is -3.85. The zero-order chi connectivity index (χ0) is 25.2. The van der Waals surface area contributed by atoms with Crippen LogP contribution in [0.5, 0.6) is 17.4 Å². The first-order valence-corrected chi connectivity index (χ1v) is 13.1.